The third kappa shape index (κ3) is 1.42. The molecule has 1 aromatic heterocycles. The Hall–Kier alpha value is -1.71. The number of anilines is 1. The molecule has 0 bridgehead atoms. The van der Waals surface area contributed by atoms with E-state index >= 15 is 0 Å². The number of aromatic nitrogens is 1. The SMILES string of the molecule is CNc1ccnc2c(F)cc(C)c(F)c12. The first-order valence-corrected chi connectivity index (χ1v) is 4.56. The third-order valence-corrected chi connectivity index (χ3v) is 2.36. The summed E-state index contributed by atoms with van der Waals surface area (Å²) in [5.74, 6) is -0.926. The number of hydrogen-bond donors (Lipinski definition) is 1. The van der Waals surface area contributed by atoms with Crippen molar-refractivity contribution in [2.24, 2.45) is 0 Å². The standard InChI is InChI=1S/C11H10F2N2/c1-6-5-7(12)11-9(10(6)13)8(14-2)3-4-15-11/h3-5H,1-2H3,(H,14,15). The van der Waals surface area contributed by atoms with Gasteiger partial charge in [-0.05, 0) is 24.6 Å². The van der Waals surface area contributed by atoms with Crippen molar-refractivity contribution in [2.75, 3.05) is 12.4 Å². The molecule has 0 atom stereocenters. The van der Waals surface area contributed by atoms with Crippen LogP contribution in [0.4, 0.5) is 14.5 Å². The van der Waals surface area contributed by atoms with Crippen LogP contribution in [0.3, 0.4) is 0 Å². The average Bonchev–Trinajstić information content (AvgIpc) is 2.25. The molecule has 1 aromatic carbocycles. The molecule has 2 nitrogen and oxygen atoms in total. The summed E-state index contributed by atoms with van der Waals surface area (Å²) in [6.45, 7) is 1.53. The molecule has 0 radical (unpaired) electrons. The number of rotatable bonds is 1. The van der Waals surface area contributed by atoms with Crippen LogP contribution in [-0.2, 0) is 0 Å². The quantitative estimate of drug-likeness (QED) is 0.779. The summed E-state index contributed by atoms with van der Waals surface area (Å²) in [5, 5.41) is 3.02. The molecule has 78 valence electrons. The maximum absolute atomic E-state index is 13.8. The van der Waals surface area contributed by atoms with Crippen LogP contribution in [0.15, 0.2) is 18.3 Å². The smallest absolute Gasteiger partial charge is 0.149 e. The largest absolute Gasteiger partial charge is 0.387 e. The van der Waals surface area contributed by atoms with Gasteiger partial charge in [0.05, 0.1) is 5.39 Å². The fraction of sp³-hybridized carbons (Fsp3) is 0.182. The van der Waals surface area contributed by atoms with Crippen molar-refractivity contribution in [3.8, 4) is 0 Å². The van der Waals surface area contributed by atoms with Gasteiger partial charge in [0.15, 0.2) is 0 Å². The highest BCUT2D eigenvalue weighted by Gasteiger charge is 2.13. The number of hydrogen-bond acceptors (Lipinski definition) is 2. The van der Waals surface area contributed by atoms with Crippen LogP contribution in [0.2, 0.25) is 0 Å². The van der Waals surface area contributed by atoms with Crippen LogP contribution >= 0.6 is 0 Å². The second-order valence-corrected chi connectivity index (χ2v) is 3.32. The lowest BCUT2D eigenvalue weighted by atomic mass is 10.1. The molecule has 0 saturated heterocycles. The number of aryl methyl sites for hydroxylation is 1. The molecule has 2 aromatic rings. The van der Waals surface area contributed by atoms with Gasteiger partial charge in [0.2, 0.25) is 0 Å². The van der Waals surface area contributed by atoms with E-state index in [4.69, 9.17) is 0 Å². The molecule has 0 aliphatic heterocycles. The van der Waals surface area contributed by atoms with Gasteiger partial charge in [-0.15, -0.1) is 0 Å². The number of fused-ring (bicyclic) bond motifs is 1. The summed E-state index contributed by atoms with van der Waals surface area (Å²) < 4.78 is 27.3. The topological polar surface area (TPSA) is 24.9 Å². The van der Waals surface area contributed by atoms with Crippen LogP contribution < -0.4 is 5.32 Å². The molecule has 0 amide bonds. The van der Waals surface area contributed by atoms with E-state index in [1.165, 1.54) is 13.1 Å². The monoisotopic (exact) mass is 208 g/mol. The predicted molar refractivity (Wildman–Crippen MR) is 55.9 cm³/mol. The molecule has 0 aliphatic carbocycles. The Labute approximate surface area is 85.9 Å². The third-order valence-electron chi connectivity index (χ3n) is 2.36. The molecule has 1 heterocycles. The molecular formula is C11H10F2N2. The number of nitrogens with zero attached hydrogens (tertiary/aromatic N) is 1. The zero-order chi connectivity index (χ0) is 11.0. The van der Waals surface area contributed by atoms with E-state index in [2.05, 4.69) is 10.3 Å². The van der Waals surface area contributed by atoms with E-state index < -0.39 is 11.6 Å². The van der Waals surface area contributed by atoms with Gasteiger partial charge in [-0.3, -0.25) is 4.98 Å². The average molecular weight is 208 g/mol. The Morgan fingerprint density at radius 2 is 2.07 bits per heavy atom. The zero-order valence-corrected chi connectivity index (χ0v) is 8.44. The predicted octanol–water partition coefficient (Wildman–Crippen LogP) is 2.86. The van der Waals surface area contributed by atoms with Crippen LogP contribution in [-0.4, -0.2) is 12.0 Å². The van der Waals surface area contributed by atoms with Gasteiger partial charge in [-0.1, -0.05) is 0 Å². The van der Waals surface area contributed by atoms with Gasteiger partial charge < -0.3 is 5.32 Å². The number of pyridine rings is 1. The minimum absolute atomic E-state index is 0.0601. The lowest BCUT2D eigenvalue weighted by molar-refractivity contribution is 0.608. The second-order valence-electron chi connectivity index (χ2n) is 3.32. The van der Waals surface area contributed by atoms with Crippen LogP contribution in [0.5, 0.6) is 0 Å². The summed E-state index contributed by atoms with van der Waals surface area (Å²) in [5.41, 5.74) is 0.884. The fourth-order valence-corrected chi connectivity index (χ4v) is 1.59. The van der Waals surface area contributed by atoms with Crippen molar-refractivity contribution >= 4 is 16.6 Å². The van der Waals surface area contributed by atoms with E-state index in [0.29, 0.717) is 5.69 Å². The first-order valence-electron chi connectivity index (χ1n) is 4.56. The first kappa shape index (κ1) is 9.83. The van der Waals surface area contributed by atoms with Gasteiger partial charge >= 0.3 is 0 Å². The number of benzene rings is 1. The fourth-order valence-electron chi connectivity index (χ4n) is 1.59. The van der Waals surface area contributed by atoms with Crippen LogP contribution in [0, 0.1) is 18.6 Å². The second kappa shape index (κ2) is 3.46. The van der Waals surface area contributed by atoms with Crippen LogP contribution in [0.1, 0.15) is 5.56 Å². The lowest BCUT2D eigenvalue weighted by Crippen LogP contribution is -1.97. The van der Waals surface area contributed by atoms with Crippen molar-refractivity contribution in [2.45, 2.75) is 6.92 Å². The summed E-state index contributed by atoms with van der Waals surface area (Å²) in [4.78, 5) is 3.84. The van der Waals surface area contributed by atoms with Crippen LogP contribution in [0.25, 0.3) is 10.9 Å². The molecule has 4 heteroatoms. The highest BCUT2D eigenvalue weighted by atomic mass is 19.1. The van der Waals surface area contributed by atoms with Gasteiger partial charge in [0.1, 0.15) is 17.2 Å². The number of nitrogens with one attached hydrogen (secondary N) is 1. The number of halogens is 2. The summed E-state index contributed by atoms with van der Waals surface area (Å²) in [6.07, 6.45) is 1.45. The molecule has 15 heavy (non-hydrogen) atoms. The van der Waals surface area contributed by atoms with E-state index in [-0.39, 0.29) is 16.5 Å². The van der Waals surface area contributed by atoms with E-state index in [0.717, 1.165) is 6.07 Å². The molecule has 2 rings (SSSR count). The summed E-state index contributed by atoms with van der Waals surface area (Å²) in [6, 6.07) is 2.77. The van der Waals surface area contributed by atoms with Gasteiger partial charge in [0, 0.05) is 18.9 Å². The molecule has 0 saturated carbocycles. The van der Waals surface area contributed by atoms with Gasteiger partial charge in [-0.25, -0.2) is 8.78 Å². The Morgan fingerprint density at radius 1 is 1.33 bits per heavy atom. The van der Waals surface area contributed by atoms with E-state index in [1.54, 1.807) is 13.1 Å². The van der Waals surface area contributed by atoms with Crippen molar-refractivity contribution in [3.63, 3.8) is 0 Å². The molecular weight excluding hydrogens is 198 g/mol. The van der Waals surface area contributed by atoms with E-state index in [1.807, 2.05) is 0 Å². The minimum Gasteiger partial charge on any atom is -0.387 e. The van der Waals surface area contributed by atoms with Crippen molar-refractivity contribution in [1.29, 1.82) is 0 Å². The Kier molecular flexibility index (Phi) is 2.26. The summed E-state index contributed by atoms with van der Waals surface area (Å²) in [7, 11) is 1.66. The molecule has 0 aliphatic rings. The normalized spacial score (nSPS) is 10.7. The van der Waals surface area contributed by atoms with Crippen molar-refractivity contribution in [1.82, 2.24) is 4.98 Å². The lowest BCUT2D eigenvalue weighted by Gasteiger charge is -2.08. The Morgan fingerprint density at radius 3 is 2.73 bits per heavy atom. The first-order chi connectivity index (χ1) is 7.15. The Bertz CT molecular complexity index is 523. The minimum atomic E-state index is -0.499. The zero-order valence-electron chi connectivity index (χ0n) is 8.44. The summed E-state index contributed by atoms with van der Waals surface area (Å²) >= 11 is 0. The van der Waals surface area contributed by atoms with Crippen molar-refractivity contribution < 1.29 is 8.78 Å². The maximum atomic E-state index is 13.8. The highest BCUT2D eigenvalue weighted by Crippen LogP contribution is 2.28. The van der Waals surface area contributed by atoms with Gasteiger partial charge in [0.25, 0.3) is 0 Å². The van der Waals surface area contributed by atoms with E-state index in [9.17, 15) is 8.78 Å². The molecule has 0 spiro atoms. The Balaban J connectivity index is 2.96. The molecule has 0 fully saturated rings. The maximum Gasteiger partial charge on any atom is 0.149 e. The van der Waals surface area contributed by atoms with Gasteiger partial charge in [-0.2, -0.15) is 0 Å². The van der Waals surface area contributed by atoms with Crippen molar-refractivity contribution in [3.05, 3.63) is 35.5 Å². The highest BCUT2D eigenvalue weighted by molar-refractivity contribution is 5.92. The molecule has 1 N–H and O–H groups in total. The molecule has 0 unspecified atom stereocenters.